The van der Waals surface area contributed by atoms with Crippen molar-refractivity contribution in [1.29, 1.82) is 0 Å². The Morgan fingerprint density at radius 2 is 1.16 bits per heavy atom. The van der Waals surface area contributed by atoms with Crippen molar-refractivity contribution < 1.29 is 47.7 Å². The van der Waals surface area contributed by atoms with Crippen molar-refractivity contribution in [1.82, 2.24) is 15.1 Å². The van der Waals surface area contributed by atoms with Crippen LogP contribution in [0.25, 0.3) is 0 Å². The highest BCUT2D eigenvalue weighted by atomic mass is 35.5. The molecule has 0 spiro atoms. The summed E-state index contributed by atoms with van der Waals surface area (Å²) in [6, 6.07) is 0.118. The fourth-order valence-electron chi connectivity index (χ4n) is 4.68. The number of carbonyl (C=O) groups excluding carboxylic acids is 5. The molecule has 0 aromatic heterocycles. The normalized spacial score (nSPS) is 19.7. The van der Waals surface area contributed by atoms with Gasteiger partial charge in [0.05, 0.1) is 26.2 Å². The summed E-state index contributed by atoms with van der Waals surface area (Å²) in [5, 5.41) is 3.21. The Morgan fingerprint density at radius 3 is 1.51 bits per heavy atom. The van der Waals surface area contributed by atoms with E-state index in [9.17, 15) is 24.0 Å². The molecule has 2 amide bonds. The van der Waals surface area contributed by atoms with E-state index < -0.39 is 16.6 Å². The molecule has 3 rings (SSSR count). The van der Waals surface area contributed by atoms with Gasteiger partial charge in [-0.3, -0.25) is 9.59 Å². The van der Waals surface area contributed by atoms with E-state index in [4.69, 9.17) is 36.3 Å². The summed E-state index contributed by atoms with van der Waals surface area (Å²) in [5.41, 5.74) is 4.05. The molecule has 3 N–H and O–H groups in total. The van der Waals surface area contributed by atoms with Gasteiger partial charge in [0.2, 0.25) is 0 Å². The third-order valence-electron chi connectivity index (χ3n) is 6.76. The van der Waals surface area contributed by atoms with Crippen LogP contribution in [0.3, 0.4) is 0 Å². The monoisotopic (exact) mass is 744 g/mol. The van der Waals surface area contributed by atoms with Crippen LogP contribution in [0.2, 0.25) is 0 Å². The van der Waals surface area contributed by atoms with Gasteiger partial charge in [-0.2, -0.15) is 0 Å². The minimum absolute atomic E-state index is 0. The Morgan fingerprint density at radius 1 is 0.714 bits per heavy atom. The first-order valence-electron chi connectivity index (χ1n) is 16.9. The molecule has 0 aromatic carbocycles. The number of esters is 2. The van der Waals surface area contributed by atoms with Gasteiger partial charge in [-0.05, 0) is 107 Å². The van der Waals surface area contributed by atoms with E-state index in [2.05, 4.69) is 10.1 Å². The van der Waals surface area contributed by atoms with Crippen LogP contribution in [0.5, 0.6) is 0 Å². The molecule has 3 fully saturated rings. The summed E-state index contributed by atoms with van der Waals surface area (Å²) in [4.78, 5) is 58.5. The molecule has 3 aliphatic heterocycles. The van der Waals surface area contributed by atoms with Gasteiger partial charge in [-0.15, -0.1) is 12.4 Å². The van der Waals surface area contributed by atoms with Crippen LogP contribution < -0.4 is 11.1 Å². The number of nitrogens with one attached hydrogen (secondary N) is 1. The van der Waals surface area contributed by atoms with Crippen molar-refractivity contribution in [2.45, 2.75) is 112 Å². The van der Waals surface area contributed by atoms with E-state index in [1.54, 1.807) is 23.6 Å². The standard InChI is InChI=1S/C13H23NO4.C9H18N2O2.C8H15NO2.C3H5ClO2.ClH/c1-5-17-11(15)8-10-6-7-14(9-10)12(16)18-13(2,3)4;1-9(2,3)13-8(12)11-5-4-7(10)6-11;1-2-11-8(10)5-7-3-4-9-6-7;1-2-6-3(4)5;/h10H,5-9H2,1-4H3;7H,4-6,10H2,1-3H3;7,9H,2-6H2,1H3;2H2,1H3;1H/t10-;2*7-;;/m101../s1. The first-order valence-corrected chi connectivity index (χ1v) is 17.2. The molecule has 288 valence electrons. The molecule has 3 atom stereocenters. The van der Waals surface area contributed by atoms with Crippen LogP contribution in [-0.4, -0.2) is 116 Å². The Labute approximate surface area is 304 Å². The van der Waals surface area contributed by atoms with Crippen LogP contribution in [-0.2, 0) is 33.3 Å². The first-order chi connectivity index (χ1) is 22.3. The number of nitrogens with zero attached hydrogens (tertiary/aromatic N) is 2. The Balaban J connectivity index is 0. The molecule has 14 nitrogen and oxygen atoms in total. The molecule has 16 heteroatoms. The second-order valence-corrected chi connectivity index (χ2v) is 13.9. The second-order valence-electron chi connectivity index (χ2n) is 13.6. The highest BCUT2D eigenvalue weighted by Gasteiger charge is 2.31. The molecule has 3 saturated heterocycles. The van der Waals surface area contributed by atoms with Crippen molar-refractivity contribution in [3.63, 3.8) is 0 Å². The van der Waals surface area contributed by atoms with E-state index >= 15 is 0 Å². The fraction of sp³-hybridized carbons (Fsp3) is 0.848. The third kappa shape index (κ3) is 26.0. The molecule has 3 aliphatic rings. The predicted molar refractivity (Wildman–Crippen MR) is 190 cm³/mol. The second kappa shape index (κ2) is 25.4. The van der Waals surface area contributed by atoms with Gasteiger partial charge in [0.1, 0.15) is 11.2 Å². The van der Waals surface area contributed by atoms with Crippen LogP contribution in [0.15, 0.2) is 0 Å². The summed E-state index contributed by atoms with van der Waals surface area (Å²) >= 11 is 4.72. The third-order valence-corrected chi connectivity index (χ3v) is 6.86. The average Bonchev–Trinajstić information content (AvgIpc) is 3.71. The molecule has 3 heterocycles. The number of nitrogens with two attached hydrogens (primary N) is 1. The zero-order valence-corrected chi connectivity index (χ0v) is 32.5. The number of amides is 2. The lowest BCUT2D eigenvalue weighted by atomic mass is 10.1. The van der Waals surface area contributed by atoms with Crippen LogP contribution in [0.1, 0.15) is 94.4 Å². The van der Waals surface area contributed by atoms with E-state index in [0.717, 1.165) is 38.9 Å². The number of carbonyl (C=O) groups is 5. The van der Waals surface area contributed by atoms with E-state index in [0.29, 0.717) is 58.2 Å². The van der Waals surface area contributed by atoms with Gasteiger partial charge in [-0.1, -0.05) is 0 Å². The van der Waals surface area contributed by atoms with Crippen molar-refractivity contribution >= 4 is 53.6 Å². The smallest absolute Gasteiger partial charge is 0.410 e. The number of halogens is 2. The van der Waals surface area contributed by atoms with Crippen LogP contribution >= 0.6 is 24.0 Å². The first kappa shape index (κ1) is 48.6. The number of likely N-dealkylation sites (tertiary alicyclic amines) is 2. The fourth-order valence-corrected chi connectivity index (χ4v) is 4.79. The summed E-state index contributed by atoms with van der Waals surface area (Å²) < 4.78 is 24.4. The molecule has 0 radical (unpaired) electrons. The zero-order valence-electron chi connectivity index (χ0n) is 31.0. The predicted octanol–water partition coefficient (Wildman–Crippen LogP) is 5.50. The van der Waals surface area contributed by atoms with E-state index in [-0.39, 0.29) is 48.5 Å². The minimum Gasteiger partial charge on any atom is -0.466 e. The molecule has 0 aliphatic carbocycles. The van der Waals surface area contributed by atoms with Gasteiger partial charge in [0.15, 0.2) is 0 Å². The number of ether oxygens (including phenoxy) is 5. The highest BCUT2D eigenvalue weighted by Crippen LogP contribution is 2.22. The minimum atomic E-state index is -0.738. The van der Waals surface area contributed by atoms with Crippen molar-refractivity contribution in [2.75, 3.05) is 59.1 Å². The lowest BCUT2D eigenvalue weighted by molar-refractivity contribution is -0.145. The van der Waals surface area contributed by atoms with Gasteiger partial charge in [0, 0.05) is 50.2 Å². The van der Waals surface area contributed by atoms with Crippen LogP contribution in [0, 0.1) is 11.8 Å². The topological polar surface area (TPSA) is 176 Å². The number of rotatable bonds is 7. The Bertz CT molecular complexity index is 986. The molecule has 0 unspecified atom stereocenters. The Kier molecular flexibility index (Phi) is 25.2. The summed E-state index contributed by atoms with van der Waals surface area (Å²) in [6.07, 6.45) is 3.23. The SMILES string of the molecule is CC(C)(C)OC(=O)N1CC[C@H](N)C1.CCOC(=O)C[C@H]1CCN(C(=O)OC(C)(C)C)C1.CCOC(=O)C[C@H]1CCNC1.CCOC(=O)Cl.Cl. The van der Waals surface area contributed by atoms with E-state index in [1.807, 2.05) is 48.5 Å². The maximum Gasteiger partial charge on any atom is 0.410 e. The molecule has 49 heavy (non-hydrogen) atoms. The van der Waals surface area contributed by atoms with Gasteiger partial charge >= 0.3 is 29.6 Å². The molecular weight excluding hydrogens is 683 g/mol. The Hall–Kier alpha value is -2.55. The van der Waals surface area contributed by atoms with Gasteiger partial charge in [0.25, 0.3) is 0 Å². The lowest BCUT2D eigenvalue weighted by Crippen LogP contribution is -2.36. The zero-order chi connectivity index (χ0) is 36.9. The molecule has 0 aromatic rings. The van der Waals surface area contributed by atoms with Gasteiger partial charge in [-0.25, -0.2) is 14.4 Å². The summed E-state index contributed by atoms with van der Waals surface area (Å²) in [7, 11) is 0. The molecule has 0 bridgehead atoms. The van der Waals surface area contributed by atoms with Crippen molar-refractivity contribution in [2.24, 2.45) is 17.6 Å². The largest absolute Gasteiger partial charge is 0.466 e. The lowest BCUT2D eigenvalue weighted by Gasteiger charge is -2.24. The van der Waals surface area contributed by atoms with Crippen molar-refractivity contribution in [3.05, 3.63) is 0 Å². The van der Waals surface area contributed by atoms with Gasteiger partial charge < -0.3 is 44.5 Å². The molecular formula is C33H62Cl2N4O10. The maximum absolute atomic E-state index is 11.8. The van der Waals surface area contributed by atoms with Crippen LogP contribution in [0.4, 0.5) is 14.4 Å². The average molecular weight is 746 g/mol. The number of hydrogen-bond donors (Lipinski definition) is 2. The van der Waals surface area contributed by atoms with Crippen molar-refractivity contribution in [3.8, 4) is 0 Å². The number of hydrogen-bond acceptors (Lipinski definition) is 12. The highest BCUT2D eigenvalue weighted by molar-refractivity contribution is 6.61. The molecule has 0 saturated carbocycles. The maximum atomic E-state index is 11.8. The summed E-state index contributed by atoms with van der Waals surface area (Å²) in [6.45, 7) is 22.3. The summed E-state index contributed by atoms with van der Waals surface area (Å²) in [5.74, 6) is 0.459. The van der Waals surface area contributed by atoms with E-state index in [1.165, 1.54) is 0 Å². The quantitative estimate of drug-likeness (QED) is 0.190.